The molecule has 0 saturated carbocycles. The number of pyridine rings is 1. The number of hydrogen-bond acceptors (Lipinski definition) is 4. The van der Waals surface area contributed by atoms with E-state index in [0.717, 1.165) is 5.69 Å². The van der Waals surface area contributed by atoms with E-state index in [-0.39, 0.29) is 12.1 Å². The Labute approximate surface area is 125 Å². The molecule has 4 nitrogen and oxygen atoms in total. The number of rotatable bonds is 7. The van der Waals surface area contributed by atoms with Crippen molar-refractivity contribution < 1.29 is 9.13 Å². The van der Waals surface area contributed by atoms with Crippen LogP contribution in [0.1, 0.15) is 13.8 Å². The van der Waals surface area contributed by atoms with Crippen LogP contribution in [0.5, 0.6) is 0 Å². The largest absolute Gasteiger partial charge is 0.378 e. The van der Waals surface area contributed by atoms with Gasteiger partial charge in [0, 0.05) is 26.6 Å². The summed E-state index contributed by atoms with van der Waals surface area (Å²) in [6, 6.07) is 3.71. The molecule has 1 heterocycles. The van der Waals surface area contributed by atoms with Crippen molar-refractivity contribution in [3.63, 3.8) is 0 Å². The molecule has 1 rings (SSSR count). The fourth-order valence-corrected chi connectivity index (χ4v) is 1.48. The Balaban J connectivity index is 2.55. The highest BCUT2D eigenvalue weighted by atomic mass is 19.1. The molecule has 0 aliphatic rings. The van der Waals surface area contributed by atoms with Gasteiger partial charge in [0.15, 0.2) is 0 Å². The van der Waals surface area contributed by atoms with Gasteiger partial charge < -0.3 is 9.64 Å². The molecule has 0 fully saturated rings. The first-order valence-electron chi connectivity index (χ1n) is 6.77. The lowest BCUT2D eigenvalue weighted by atomic mass is 10.3. The van der Waals surface area contributed by atoms with Crippen LogP contribution in [0.15, 0.2) is 53.7 Å². The lowest BCUT2D eigenvalue weighted by Crippen LogP contribution is -2.09. The zero-order chi connectivity index (χ0) is 15.7. The standard InChI is InChI=1S/C16H22FN3O/c1-13(19-11-15(17)10-14(2)21-4)7-9-20(3)16-6-5-8-18-12-16/h5-14H,1-4H3/b9-7+,15-10+,19-11?. The van der Waals surface area contributed by atoms with Gasteiger partial charge in [0.2, 0.25) is 0 Å². The number of halogens is 1. The Bertz CT molecular complexity index is 500. The second-order valence-corrected chi connectivity index (χ2v) is 4.67. The Morgan fingerprint density at radius 3 is 2.86 bits per heavy atom. The molecule has 1 aromatic rings. The molecule has 2 atom stereocenters. The van der Waals surface area contributed by atoms with Gasteiger partial charge >= 0.3 is 0 Å². The van der Waals surface area contributed by atoms with E-state index in [1.165, 1.54) is 19.4 Å². The third-order valence-corrected chi connectivity index (χ3v) is 2.84. The third-order valence-electron chi connectivity index (χ3n) is 2.84. The summed E-state index contributed by atoms with van der Waals surface area (Å²) < 4.78 is 18.4. The summed E-state index contributed by atoms with van der Waals surface area (Å²) in [7, 11) is 3.45. The zero-order valence-electron chi connectivity index (χ0n) is 12.9. The maximum absolute atomic E-state index is 13.5. The minimum atomic E-state index is -0.398. The summed E-state index contributed by atoms with van der Waals surface area (Å²) in [6.07, 6.45) is 9.60. The molecule has 0 spiro atoms. The molecule has 0 bridgehead atoms. The summed E-state index contributed by atoms with van der Waals surface area (Å²) >= 11 is 0. The lowest BCUT2D eigenvalue weighted by molar-refractivity contribution is 0.155. The lowest BCUT2D eigenvalue weighted by Gasteiger charge is -2.13. The second kappa shape index (κ2) is 9.02. The van der Waals surface area contributed by atoms with Crippen molar-refractivity contribution >= 4 is 11.9 Å². The second-order valence-electron chi connectivity index (χ2n) is 4.67. The molecule has 0 aliphatic heterocycles. The smallest absolute Gasteiger partial charge is 0.139 e. The van der Waals surface area contributed by atoms with Gasteiger partial charge in [-0.05, 0) is 38.1 Å². The predicted octanol–water partition coefficient (Wildman–Crippen LogP) is 3.38. The van der Waals surface area contributed by atoms with Crippen LogP contribution in [0.3, 0.4) is 0 Å². The summed E-state index contributed by atoms with van der Waals surface area (Å²) in [5.41, 5.74) is 0.977. The van der Waals surface area contributed by atoms with E-state index in [1.807, 2.05) is 43.3 Å². The third kappa shape index (κ3) is 6.81. The SMILES string of the molecule is COC(C)/C=C(/F)C=NC(C)/C=C/N(C)c1cccnc1. The predicted molar refractivity (Wildman–Crippen MR) is 85.4 cm³/mol. The van der Waals surface area contributed by atoms with E-state index in [2.05, 4.69) is 9.98 Å². The van der Waals surface area contributed by atoms with E-state index in [9.17, 15) is 4.39 Å². The number of anilines is 1. The fourth-order valence-electron chi connectivity index (χ4n) is 1.48. The van der Waals surface area contributed by atoms with Gasteiger partial charge in [-0.3, -0.25) is 9.98 Å². The number of hydrogen-bond donors (Lipinski definition) is 0. The normalized spacial score (nSPS) is 15.6. The zero-order valence-corrected chi connectivity index (χ0v) is 12.9. The Morgan fingerprint density at radius 1 is 1.48 bits per heavy atom. The highest BCUT2D eigenvalue weighted by Gasteiger charge is 1.99. The summed E-state index contributed by atoms with van der Waals surface area (Å²) in [5, 5.41) is 0. The van der Waals surface area contributed by atoms with E-state index in [4.69, 9.17) is 4.74 Å². The van der Waals surface area contributed by atoms with Gasteiger partial charge in [-0.2, -0.15) is 0 Å². The monoisotopic (exact) mass is 291 g/mol. The van der Waals surface area contributed by atoms with E-state index < -0.39 is 5.83 Å². The van der Waals surface area contributed by atoms with E-state index in [1.54, 1.807) is 19.3 Å². The summed E-state index contributed by atoms with van der Waals surface area (Å²) in [6.45, 7) is 3.65. The number of methoxy groups -OCH3 is 1. The maximum Gasteiger partial charge on any atom is 0.139 e. The van der Waals surface area contributed by atoms with Gasteiger partial charge in [0.05, 0.1) is 30.2 Å². The van der Waals surface area contributed by atoms with Crippen molar-refractivity contribution in [3.05, 3.63) is 48.7 Å². The molecule has 114 valence electrons. The van der Waals surface area contributed by atoms with Crippen LogP contribution in [0.4, 0.5) is 10.1 Å². The number of ether oxygens (including phenoxy) is 1. The highest BCUT2D eigenvalue weighted by molar-refractivity contribution is 5.75. The van der Waals surface area contributed by atoms with Gasteiger partial charge in [-0.1, -0.05) is 0 Å². The van der Waals surface area contributed by atoms with Crippen LogP contribution in [0.25, 0.3) is 0 Å². The quantitative estimate of drug-likeness (QED) is 0.723. The molecule has 0 radical (unpaired) electrons. The van der Waals surface area contributed by atoms with Crippen molar-refractivity contribution in [3.8, 4) is 0 Å². The van der Waals surface area contributed by atoms with Crippen LogP contribution in [0, 0.1) is 0 Å². The summed E-state index contributed by atoms with van der Waals surface area (Å²) in [5.74, 6) is -0.398. The molecule has 0 amide bonds. The molecule has 0 N–H and O–H groups in total. The van der Waals surface area contributed by atoms with Crippen LogP contribution in [-0.4, -0.2) is 37.5 Å². The number of aliphatic imine (C=N–C) groups is 1. The van der Waals surface area contributed by atoms with Crippen LogP contribution in [-0.2, 0) is 4.74 Å². The van der Waals surface area contributed by atoms with Crippen LogP contribution < -0.4 is 4.90 Å². The van der Waals surface area contributed by atoms with E-state index in [0.29, 0.717) is 0 Å². The number of aromatic nitrogens is 1. The molecule has 21 heavy (non-hydrogen) atoms. The van der Waals surface area contributed by atoms with Crippen molar-refractivity contribution in [2.24, 2.45) is 4.99 Å². The molecule has 2 unspecified atom stereocenters. The number of allylic oxidation sites excluding steroid dienone is 1. The first-order valence-corrected chi connectivity index (χ1v) is 6.77. The Hall–Kier alpha value is -2.01. The van der Waals surface area contributed by atoms with Crippen LogP contribution >= 0.6 is 0 Å². The van der Waals surface area contributed by atoms with Crippen LogP contribution in [0.2, 0.25) is 0 Å². The highest BCUT2D eigenvalue weighted by Crippen LogP contribution is 2.10. The van der Waals surface area contributed by atoms with Gasteiger partial charge in [-0.25, -0.2) is 4.39 Å². The molecule has 1 aromatic heterocycles. The molecule has 0 saturated heterocycles. The number of nitrogens with zero attached hydrogens (tertiary/aromatic N) is 3. The molecule has 0 aliphatic carbocycles. The Kier molecular flexibility index (Phi) is 7.32. The average Bonchev–Trinajstić information content (AvgIpc) is 2.51. The maximum atomic E-state index is 13.5. The molecular weight excluding hydrogens is 269 g/mol. The topological polar surface area (TPSA) is 37.7 Å². The van der Waals surface area contributed by atoms with Gasteiger partial charge in [0.25, 0.3) is 0 Å². The van der Waals surface area contributed by atoms with Gasteiger partial charge in [-0.15, -0.1) is 0 Å². The van der Waals surface area contributed by atoms with Crippen molar-refractivity contribution in [1.82, 2.24) is 4.98 Å². The van der Waals surface area contributed by atoms with E-state index >= 15 is 0 Å². The molecule has 5 heteroatoms. The fraction of sp³-hybridized carbons (Fsp3) is 0.375. The minimum Gasteiger partial charge on any atom is -0.378 e. The average molecular weight is 291 g/mol. The Morgan fingerprint density at radius 2 is 2.24 bits per heavy atom. The van der Waals surface area contributed by atoms with Gasteiger partial charge in [0.1, 0.15) is 5.83 Å². The summed E-state index contributed by atoms with van der Waals surface area (Å²) in [4.78, 5) is 10.1. The van der Waals surface area contributed by atoms with Crippen molar-refractivity contribution in [2.75, 3.05) is 19.1 Å². The molecular formula is C16H22FN3O. The van der Waals surface area contributed by atoms with Crippen molar-refractivity contribution in [2.45, 2.75) is 26.0 Å². The first-order chi connectivity index (χ1) is 10.0. The molecule has 0 aromatic carbocycles. The first kappa shape index (κ1) is 17.0. The van der Waals surface area contributed by atoms with Crippen molar-refractivity contribution in [1.29, 1.82) is 0 Å². The minimum absolute atomic E-state index is 0.124.